The third-order valence-corrected chi connectivity index (χ3v) is 5.01. The van der Waals surface area contributed by atoms with Crippen molar-refractivity contribution >= 4 is 5.97 Å². The van der Waals surface area contributed by atoms with Gasteiger partial charge < -0.3 is 5.11 Å². The monoisotopic (exact) mass is 324 g/mol. The highest BCUT2D eigenvalue weighted by Crippen LogP contribution is 2.38. The SMILES string of the molecule is CC1(C)CN(Cc2ccc(-c3ccncc3)cc2)CC1CC(=O)O. The van der Waals surface area contributed by atoms with Crippen molar-refractivity contribution in [2.45, 2.75) is 26.8 Å². The summed E-state index contributed by atoms with van der Waals surface area (Å²) in [5.41, 5.74) is 3.67. The number of aliphatic carboxylic acids is 1. The standard InChI is InChI=1S/C20H24N2O2/c1-20(2)14-22(13-18(20)11-19(23)24)12-15-3-5-16(6-4-15)17-7-9-21-10-8-17/h3-10,18H,11-14H2,1-2H3,(H,23,24). The summed E-state index contributed by atoms with van der Waals surface area (Å²) in [7, 11) is 0. The van der Waals surface area contributed by atoms with E-state index in [4.69, 9.17) is 5.11 Å². The predicted octanol–water partition coefficient (Wildman–Crippen LogP) is 3.68. The number of hydrogen-bond donors (Lipinski definition) is 1. The van der Waals surface area contributed by atoms with Crippen molar-refractivity contribution in [1.82, 2.24) is 9.88 Å². The van der Waals surface area contributed by atoms with Crippen molar-refractivity contribution in [3.05, 3.63) is 54.4 Å². The molecule has 0 spiro atoms. The lowest BCUT2D eigenvalue weighted by Gasteiger charge is -2.24. The van der Waals surface area contributed by atoms with Crippen molar-refractivity contribution in [3.63, 3.8) is 0 Å². The third kappa shape index (κ3) is 3.82. The topological polar surface area (TPSA) is 53.4 Å². The minimum Gasteiger partial charge on any atom is -0.481 e. The maximum absolute atomic E-state index is 11.1. The summed E-state index contributed by atoms with van der Waals surface area (Å²) in [4.78, 5) is 17.5. The quantitative estimate of drug-likeness (QED) is 0.911. The van der Waals surface area contributed by atoms with Crippen LogP contribution in [0.1, 0.15) is 25.8 Å². The molecular formula is C20H24N2O2. The molecule has 24 heavy (non-hydrogen) atoms. The second-order valence-corrected chi connectivity index (χ2v) is 7.39. The highest BCUT2D eigenvalue weighted by atomic mass is 16.4. The first-order valence-electron chi connectivity index (χ1n) is 8.37. The molecule has 0 radical (unpaired) electrons. The third-order valence-electron chi connectivity index (χ3n) is 5.01. The van der Waals surface area contributed by atoms with E-state index >= 15 is 0 Å². The van der Waals surface area contributed by atoms with E-state index in [9.17, 15) is 4.79 Å². The van der Waals surface area contributed by atoms with Crippen LogP contribution in [0.15, 0.2) is 48.8 Å². The van der Waals surface area contributed by atoms with E-state index in [1.165, 1.54) is 16.7 Å². The number of likely N-dealkylation sites (tertiary alicyclic amines) is 1. The molecule has 126 valence electrons. The summed E-state index contributed by atoms with van der Waals surface area (Å²) < 4.78 is 0. The Hall–Kier alpha value is -2.20. The van der Waals surface area contributed by atoms with E-state index in [0.29, 0.717) is 0 Å². The molecule has 1 fully saturated rings. The molecule has 1 unspecified atom stereocenters. The van der Waals surface area contributed by atoms with Crippen LogP contribution in [0.5, 0.6) is 0 Å². The summed E-state index contributed by atoms with van der Waals surface area (Å²) in [6.45, 7) is 7.01. The summed E-state index contributed by atoms with van der Waals surface area (Å²) in [6.07, 6.45) is 3.86. The summed E-state index contributed by atoms with van der Waals surface area (Å²) in [6, 6.07) is 12.6. The van der Waals surface area contributed by atoms with Gasteiger partial charge >= 0.3 is 5.97 Å². The van der Waals surface area contributed by atoms with E-state index in [1.54, 1.807) is 12.4 Å². The average Bonchev–Trinajstić information content (AvgIpc) is 2.82. The smallest absolute Gasteiger partial charge is 0.303 e. The summed E-state index contributed by atoms with van der Waals surface area (Å²) in [5.74, 6) is -0.484. The molecule has 2 aromatic rings. The number of pyridine rings is 1. The number of hydrogen-bond acceptors (Lipinski definition) is 3. The fourth-order valence-electron chi connectivity index (χ4n) is 3.61. The maximum atomic E-state index is 11.1. The maximum Gasteiger partial charge on any atom is 0.303 e. The zero-order chi connectivity index (χ0) is 17.2. The van der Waals surface area contributed by atoms with E-state index in [0.717, 1.165) is 19.6 Å². The van der Waals surface area contributed by atoms with Gasteiger partial charge in [0.2, 0.25) is 0 Å². The van der Waals surface area contributed by atoms with Gasteiger partial charge in [-0.2, -0.15) is 0 Å². The van der Waals surface area contributed by atoms with Crippen molar-refractivity contribution in [3.8, 4) is 11.1 Å². The molecule has 4 nitrogen and oxygen atoms in total. The van der Waals surface area contributed by atoms with Gasteiger partial charge in [-0.15, -0.1) is 0 Å². The average molecular weight is 324 g/mol. The van der Waals surface area contributed by atoms with Crippen molar-refractivity contribution < 1.29 is 9.90 Å². The van der Waals surface area contributed by atoms with Crippen LogP contribution in [0.2, 0.25) is 0 Å². The molecule has 1 aliphatic heterocycles. The molecule has 1 aromatic carbocycles. The first kappa shape index (κ1) is 16.7. The minimum absolute atomic E-state index is 0.0510. The van der Waals surface area contributed by atoms with Crippen LogP contribution in [0, 0.1) is 11.3 Å². The fraction of sp³-hybridized carbons (Fsp3) is 0.400. The lowest BCUT2D eigenvalue weighted by molar-refractivity contribution is -0.138. The Morgan fingerprint density at radius 2 is 1.79 bits per heavy atom. The summed E-state index contributed by atoms with van der Waals surface area (Å²) in [5, 5.41) is 9.10. The molecule has 1 saturated heterocycles. The van der Waals surface area contributed by atoms with Gasteiger partial charge in [0.25, 0.3) is 0 Å². The summed E-state index contributed by atoms with van der Waals surface area (Å²) >= 11 is 0. The van der Waals surface area contributed by atoms with Gasteiger partial charge in [-0.05, 0) is 40.2 Å². The highest BCUT2D eigenvalue weighted by Gasteiger charge is 2.39. The number of benzene rings is 1. The van der Waals surface area contributed by atoms with Crippen molar-refractivity contribution in [2.75, 3.05) is 13.1 Å². The second kappa shape index (κ2) is 6.73. The Labute approximate surface area is 143 Å². The Balaban J connectivity index is 1.66. The Morgan fingerprint density at radius 3 is 2.42 bits per heavy atom. The predicted molar refractivity (Wildman–Crippen MR) is 94.5 cm³/mol. The number of carboxylic acid groups (broad SMARTS) is 1. The van der Waals surface area contributed by atoms with E-state index < -0.39 is 5.97 Å². The lowest BCUT2D eigenvalue weighted by atomic mass is 9.80. The van der Waals surface area contributed by atoms with Crippen molar-refractivity contribution in [1.29, 1.82) is 0 Å². The molecule has 2 heterocycles. The molecule has 1 N–H and O–H groups in total. The second-order valence-electron chi connectivity index (χ2n) is 7.39. The van der Waals surface area contributed by atoms with Gasteiger partial charge in [0.15, 0.2) is 0 Å². The van der Waals surface area contributed by atoms with Gasteiger partial charge in [0.1, 0.15) is 0 Å². The molecule has 0 saturated carbocycles. The van der Waals surface area contributed by atoms with Crippen molar-refractivity contribution in [2.24, 2.45) is 11.3 Å². The molecule has 1 atom stereocenters. The molecule has 1 aromatic heterocycles. The van der Waals surface area contributed by atoms with Crippen LogP contribution in [0.25, 0.3) is 11.1 Å². The van der Waals surface area contributed by atoms with Gasteiger partial charge in [0.05, 0.1) is 0 Å². The molecule has 3 rings (SSSR count). The van der Waals surface area contributed by atoms with Crippen LogP contribution in [-0.2, 0) is 11.3 Å². The lowest BCUT2D eigenvalue weighted by Crippen LogP contribution is -2.24. The zero-order valence-electron chi connectivity index (χ0n) is 14.3. The van der Waals surface area contributed by atoms with Crippen LogP contribution in [0.4, 0.5) is 0 Å². The van der Waals surface area contributed by atoms with Gasteiger partial charge in [-0.3, -0.25) is 14.7 Å². The molecule has 0 aliphatic carbocycles. The molecule has 1 aliphatic rings. The van der Waals surface area contributed by atoms with E-state index in [-0.39, 0.29) is 17.8 Å². The highest BCUT2D eigenvalue weighted by molar-refractivity contribution is 5.67. The molecule has 0 amide bonds. The molecular weight excluding hydrogens is 300 g/mol. The number of rotatable bonds is 5. The first-order chi connectivity index (χ1) is 11.4. The van der Waals surface area contributed by atoms with E-state index in [1.807, 2.05) is 12.1 Å². The number of aromatic nitrogens is 1. The number of carbonyl (C=O) groups is 1. The van der Waals surface area contributed by atoms with Crippen LogP contribution >= 0.6 is 0 Å². The fourth-order valence-corrected chi connectivity index (χ4v) is 3.61. The van der Waals surface area contributed by atoms with Crippen LogP contribution in [0.3, 0.4) is 0 Å². The Morgan fingerprint density at radius 1 is 1.17 bits per heavy atom. The number of nitrogens with zero attached hydrogens (tertiary/aromatic N) is 2. The largest absolute Gasteiger partial charge is 0.481 e. The van der Waals surface area contributed by atoms with Crippen LogP contribution < -0.4 is 0 Å². The Kier molecular flexibility index (Phi) is 4.67. The van der Waals surface area contributed by atoms with Gasteiger partial charge in [0, 0.05) is 38.4 Å². The van der Waals surface area contributed by atoms with Gasteiger partial charge in [-0.25, -0.2) is 0 Å². The number of carboxylic acids is 1. The minimum atomic E-state index is -0.698. The Bertz CT molecular complexity index is 695. The molecule has 4 heteroatoms. The zero-order valence-corrected chi connectivity index (χ0v) is 14.3. The molecule has 0 bridgehead atoms. The normalized spacial score (nSPS) is 20.2. The van der Waals surface area contributed by atoms with Crippen LogP contribution in [-0.4, -0.2) is 34.0 Å². The van der Waals surface area contributed by atoms with Gasteiger partial charge in [-0.1, -0.05) is 38.1 Å². The van der Waals surface area contributed by atoms with E-state index in [2.05, 4.69) is 48.0 Å². The first-order valence-corrected chi connectivity index (χ1v) is 8.37.